The highest BCUT2D eigenvalue weighted by Crippen LogP contribution is 2.33. The third kappa shape index (κ3) is 4.74. The molecule has 0 atom stereocenters. The highest BCUT2D eigenvalue weighted by Gasteiger charge is 2.09. The Balaban J connectivity index is 1.85. The summed E-state index contributed by atoms with van der Waals surface area (Å²) in [6.07, 6.45) is 1.73. The summed E-state index contributed by atoms with van der Waals surface area (Å²) in [6, 6.07) is 2.95. The molecule has 1 aromatic carbocycles. The maximum atomic E-state index is 11.7. The molecule has 0 aliphatic carbocycles. The molecular formula is C13H11Cl3N2O2S. The van der Waals surface area contributed by atoms with Crippen molar-refractivity contribution >= 4 is 52.0 Å². The number of carbonyl (C=O) groups excluding carboxylic acids is 1. The second kappa shape index (κ2) is 7.31. The fourth-order valence-electron chi connectivity index (χ4n) is 1.48. The number of hydrogen-bond acceptors (Lipinski definition) is 4. The summed E-state index contributed by atoms with van der Waals surface area (Å²) in [6.45, 7) is 2.17. The van der Waals surface area contributed by atoms with Crippen LogP contribution in [-0.2, 0) is 11.3 Å². The van der Waals surface area contributed by atoms with Gasteiger partial charge in [0.25, 0.3) is 5.91 Å². The second-order valence-corrected chi connectivity index (χ2v) is 6.65. The van der Waals surface area contributed by atoms with Gasteiger partial charge in [-0.3, -0.25) is 4.79 Å². The van der Waals surface area contributed by atoms with Gasteiger partial charge in [-0.25, -0.2) is 4.98 Å². The van der Waals surface area contributed by atoms with Crippen LogP contribution in [-0.4, -0.2) is 17.5 Å². The maximum absolute atomic E-state index is 11.7. The number of thiazole rings is 1. The van der Waals surface area contributed by atoms with Gasteiger partial charge < -0.3 is 10.1 Å². The number of nitrogens with one attached hydrogen (secondary N) is 1. The van der Waals surface area contributed by atoms with Crippen molar-refractivity contribution in [2.45, 2.75) is 13.5 Å². The van der Waals surface area contributed by atoms with Crippen molar-refractivity contribution in [1.29, 1.82) is 0 Å². The van der Waals surface area contributed by atoms with E-state index in [-0.39, 0.29) is 12.5 Å². The number of benzene rings is 1. The van der Waals surface area contributed by atoms with Crippen molar-refractivity contribution in [2.75, 3.05) is 6.61 Å². The molecule has 2 rings (SSSR count). The van der Waals surface area contributed by atoms with E-state index in [9.17, 15) is 4.79 Å². The summed E-state index contributed by atoms with van der Waals surface area (Å²) >= 11 is 19.2. The molecule has 0 aliphatic rings. The van der Waals surface area contributed by atoms with E-state index < -0.39 is 0 Å². The topological polar surface area (TPSA) is 51.2 Å². The lowest BCUT2D eigenvalue weighted by Crippen LogP contribution is -2.28. The Labute approximate surface area is 141 Å². The lowest BCUT2D eigenvalue weighted by molar-refractivity contribution is -0.123. The van der Waals surface area contributed by atoms with E-state index in [0.29, 0.717) is 27.4 Å². The Hall–Kier alpha value is -1.01. The molecule has 1 amide bonds. The summed E-state index contributed by atoms with van der Waals surface area (Å²) < 4.78 is 5.33. The highest BCUT2D eigenvalue weighted by atomic mass is 35.5. The first kappa shape index (κ1) is 16.4. The van der Waals surface area contributed by atoms with Crippen LogP contribution < -0.4 is 10.1 Å². The molecule has 1 N–H and O–H groups in total. The first-order chi connectivity index (χ1) is 9.95. The van der Waals surface area contributed by atoms with Crippen molar-refractivity contribution in [3.63, 3.8) is 0 Å². The van der Waals surface area contributed by atoms with Gasteiger partial charge in [0.2, 0.25) is 0 Å². The van der Waals surface area contributed by atoms with Crippen LogP contribution in [0.15, 0.2) is 18.3 Å². The number of aromatic nitrogens is 1. The molecule has 21 heavy (non-hydrogen) atoms. The van der Waals surface area contributed by atoms with Crippen LogP contribution in [0.2, 0.25) is 15.1 Å². The summed E-state index contributed by atoms with van der Waals surface area (Å²) in [4.78, 5) is 16.8. The molecule has 0 spiro atoms. The van der Waals surface area contributed by atoms with E-state index in [0.717, 1.165) is 9.88 Å². The predicted octanol–water partition coefficient (Wildman–Crippen LogP) is 4.11. The highest BCUT2D eigenvalue weighted by molar-refractivity contribution is 7.11. The van der Waals surface area contributed by atoms with Crippen LogP contribution in [0.1, 0.15) is 9.88 Å². The minimum Gasteiger partial charge on any atom is -0.482 e. The molecule has 0 unspecified atom stereocenters. The molecule has 2 aromatic rings. The van der Waals surface area contributed by atoms with Crippen molar-refractivity contribution < 1.29 is 9.53 Å². The summed E-state index contributed by atoms with van der Waals surface area (Å²) in [5.74, 6) is 0.0537. The Morgan fingerprint density at radius 1 is 1.29 bits per heavy atom. The number of aryl methyl sites for hydroxylation is 1. The number of hydrogen-bond donors (Lipinski definition) is 1. The van der Waals surface area contributed by atoms with Gasteiger partial charge in [0.1, 0.15) is 5.75 Å². The zero-order valence-electron chi connectivity index (χ0n) is 11.0. The molecule has 0 radical (unpaired) electrons. The second-order valence-electron chi connectivity index (χ2n) is 4.11. The number of ether oxygens (including phenoxy) is 1. The lowest BCUT2D eigenvalue weighted by atomic mass is 10.3. The number of nitrogens with zero attached hydrogens (tertiary/aromatic N) is 1. The molecule has 0 fully saturated rings. The van der Waals surface area contributed by atoms with E-state index in [4.69, 9.17) is 39.5 Å². The van der Waals surface area contributed by atoms with E-state index in [1.54, 1.807) is 6.20 Å². The monoisotopic (exact) mass is 364 g/mol. The SMILES string of the molecule is Cc1ncc(CNC(=O)COc2cc(Cl)c(Cl)cc2Cl)s1. The van der Waals surface area contributed by atoms with Gasteiger partial charge in [-0.2, -0.15) is 0 Å². The number of halogens is 3. The first-order valence-corrected chi connectivity index (χ1v) is 7.86. The molecule has 4 nitrogen and oxygen atoms in total. The predicted molar refractivity (Wildman–Crippen MR) is 85.7 cm³/mol. The van der Waals surface area contributed by atoms with Gasteiger partial charge in [-0.1, -0.05) is 34.8 Å². The van der Waals surface area contributed by atoms with Gasteiger partial charge in [0, 0.05) is 17.1 Å². The van der Waals surface area contributed by atoms with Crippen molar-refractivity contribution in [1.82, 2.24) is 10.3 Å². The average molecular weight is 366 g/mol. The minimum atomic E-state index is -0.261. The van der Waals surface area contributed by atoms with Crippen LogP contribution in [0.4, 0.5) is 0 Å². The molecule has 1 heterocycles. The molecule has 0 saturated carbocycles. The smallest absolute Gasteiger partial charge is 0.258 e. The van der Waals surface area contributed by atoms with Crippen LogP contribution >= 0.6 is 46.1 Å². The Morgan fingerprint density at radius 3 is 2.67 bits per heavy atom. The number of rotatable bonds is 5. The molecule has 112 valence electrons. The molecular weight excluding hydrogens is 355 g/mol. The molecule has 8 heteroatoms. The van der Waals surface area contributed by atoms with Gasteiger partial charge in [-0.15, -0.1) is 11.3 Å². The van der Waals surface area contributed by atoms with Gasteiger partial charge in [0.15, 0.2) is 6.61 Å². The van der Waals surface area contributed by atoms with E-state index in [2.05, 4.69) is 10.3 Å². The van der Waals surface area contributed by atoms with E-state index in [1.807, 2.05) is 6.92 Å². The van der Waals surface area contributed by atoms with E-state index in [1.165, 1.54) is 23.5 Å². The minimum absolute atomic E-state index is 0.157. The third-order valence-corrected chi connectivity index (χ3v) is 4.39. The fourth-order valence-corrected chi connectivity index (χ4v) is 2.81. The largest absolute Gasteiger partial charge is 0.482 e. The van der Waals surface area contributed by atoms with Gasteiger partial charge >= 0.3 is 0 Å². The van der Waals surface area contributed by atoms with Crippen molar-refractivity contribution in [2.24, 2.45) is 0 Å². The molecule has 1 aromatic heterocycles. The first-order valence-electron chi connectivity index (χ1n) is 5.91. The number of carbonyl (C=O) groups is 1. The standard InChI is InChI=1S/C13H11Cl3N2O2S/c1-7-17-4-8(21-7)5-18-13(19)6-20-12-3-10(15)9(14)2-11(12)16/h2-4H,5-6H2,1H3,(H,18,19). The Kier molecular flexibility index (Phi) is 5.70. The zero-order chi connectivity index (χ0) is 15.4. The zero-order valence-corrected chi connectivity index (χ0v) is 14.0. The normalized spacial score (nSPS) is 10.5. The van der Waals surface area contributed by atoms with Gasteiger partial charge in [0.05, 0.1) is 26.6 Å². The molecule has 0 aliphatic heterocycles. The lowest BCUT2D eigenvalue weighted by Gasteiger charge is -2.09. The van der Waals surface area contributed by atoms with Crippen LogP contribution in [0.25, 0.3) is 0 Å². The molecule has 0 saturated heterocycles. The van der Waals surface area contributed by atoms with Crippen molar-refractivity contribution in [3.8, 4) is 5.75 Å². The summed E-state index contributed by atoms with van der Waals surface area (Å²) in [5.41, 5.74) is 0. The van der Waals surface area contributed by atoms with Crippen LogP contribution in [0, 0.1) is 6.92 Å². The van der Waals surface area contributed by atoms with Gasteiger partial charge in [-0.05, 0) is 13.0 Å². The third-order valence-electron chi connectivity index (χ3n) is 2.46. The average Bonchev–Trinajstić information content (AvgIpc) is 2.85. The van der Waals surface area contributed by atoms with Crippen molar-refractivity contribution in [3.05, 3.63) is 43.3 Å². The maximum Gasteiger partial charge on any atom is 0.258 e. The van der Waals surface area contributed by atoms with Crippen LogP contribution in [0.3, 0.4) is 0 Å². The Morgan fingerprint density at radius 2 is 2.00 bits per heavy atom. The molecule has 0 bridgehead atoms. The fraction of sp³-hybridized carbons (Fsp3) is 0.231. The van der Waals surface area contributed by atoms with Crippen LogP contribution in [0.5, 0.6) is 5.75 Å². The van der Waals surface area contributed by atoms with E-state index >= 15 is 0 Å². The summed E-state index contributed by atoms with van der Waals surface area (Å²) in [7, 11) is 0. The summed E-state index contributed by atoms with van der Waals surface area (Å²) in [5, 5.41) is 4.64. The number of amides is 1. The quantitative estimate of drug-likeness (QED) is 0.811. The Bertz CT molecular complexity index is 661.